The summed E-state index contributed by atoms with van der Waals surface area (Å²) in [7, 11) is 1.76. The highest BCUT2D eigenvalue weighted by molar-refractivity contribution is 5.98. The van der Waals surface area contributed by atoms with E-state index in [-0.39, 0.29) is 18.4 Å². The molecule has 6 heteroatoms. The maximum Gasteiger partial charge on any atom is 0.253 e. The molecule has 0 aliphatic carbocycles. The number of carbonyl (C=O) groups is 2. The topological polar surface area (TPSA) is 70.7 Å². The fraction of sp³-hybridized carbons (Fsp3) is 0.154. The maximum atomic E-state index is 12.8. The van der Waals surface area contributed by atoms with Crippen LogP contribution in [0.25, 0.3) is 0 Å². The lowest BCUT2D eigenvalue weighted by Gasteiger charge is -2.18. The molecule has 0 unspecified atom stereocenters. The molecule has 0 saturated carbocycles. The molecular formula is C26H27N3O3. The third-order valence-corrected chi connectivity index (χ3v) is 4.66. The van der Waals surface area contributed by atoms with Crippen molar-refractivity contribution in [3.8, 4) is 5.75 Å². The molecule has 6 nitrogen and oxygen atoms in total. The number of anilines is 2. The lowest BCUT2D eigenvalue weighted by atomic mass is 10.1. The second-order valence-corrected chi connectivity index (χ2v) is 7.26. The first kappa shape index (κ1) is 22.6. The zero-order valence-electron chi connectivity index (χ0n) is 18.1. The Morgan fingerprint density at radius 1 is 0.969 bits per heavy atom. The van der Waals surface area contributed by atoms with Gasteiger partial charge < -0.3 is 20.3 Å². The van der Waals surface area contributed by atoms with Gasteiger partial charge >= 0.3 is 0 Å². The van der Waals surface area contributed by atoms with Gasteiger partial charge in [-0.3, -0.25) is 9.59 Å². The molecule has 32 heavy (non-hydrogen) atoms. The number of benzene rings is 3. The number of nitrogens with one attached hydrogen (secondary N) is 2. The van der Waals surface area contributed by atoms with Gasteiger partial charge in [-0.1, -0.05) is 55.1 Å². The molecule has 0 saturated heterocycles. The number of ether oxygens (including phenoxy) is 1. The molecule has 3 aromatic carbocycles. The summed E-state index contributed by atoms with van der Waals surface area (Å²) in [5.74, 6) is 0.366. The van der Waals surface area contributed by atoms with Crippen molar-refractivity contribution in [2.45, 2.75) is 6.54 Å². The van der Waals surface area contributed by atoms with Crippen LogP contribution in [0.2, 0.25) is 0 Å². The fourth-order valence-electron chi connectivity index (χ4n) is 3.12. The second-order valence-electron chi connectivity index (χ2n) is 7.26. The van der Waals surface area contributed by atoms with Crippen LogP contribution >= 0.6 is 0 Å². The molecule has 2 amide bonds. The minimum atomic E-state index is -0.218. The molecule has 164 valence electrons. The zero-order valence-corrected chi connectivity index (χ0v) is 18.1. The van der Waals surface area contributed by atoms with E-state index in [1.54, 1.807) is 42.3 Å². The van der Waals surface area contributed by atoms with Gasteiger partial charge in [0.2, 0.25) is 5.91 Å². The van der Waals surface area contributed by atoms with Gasteiger partial charge in [0.1, 0.15) is 12.4 Å². The van der Waals surface area contributed by atoms with Crippen LogP contribution in [0.4, 0.5) is 11.4 Å². The Morgan fingerprint density at radius 2 is 1.72 bits per heavy atom. The molecule has 0 heterocycles. The van der Waals surface area contributed by atoms with Crippen LogP contribution in [0.5, 0.6) is 5.75 Å². The van der Waals surface area contributed by atoms with Gasteiger partial charge in [-0.25, -0.2) is 0 Å². The summed E-state index contributed by atoms with van der Waals surface area (Å²) in [5.41, 5.74) is 2.91. The molecule has 0 aromatic heterocycles. The first-order chi connectivity index (χ1) is 15.5. The van der Waals surface area contributed by atoms with Crippen molar-refractivity contribution in [2.24, 2.45) is 0 Å². The molecular weight excluding hydrogens is 402 g/mol. The minimum absolute atomic E-state index is 0.0804. The van der Waals surface area contributed by atoms with Crippen LogP contribution in [0.3, 0.4) is 0 Å². The molecule has 0 aliphatic heterocycles. The van der Waals surface area contributed by atoms with E-state index in [9.17, 15) is 9.59 Å². The molecule has 3 aromatic rings. The summed E-state index contributed by atoms with van der Waals surface area (Å²) in [6.07, 6.45) is 1.67. The monoisotopic (exact) mass is 429 g/mol. The van der Waals surface area contributed by atoms with Crippen molar-refractivity contribution in [1.82, 2.24) is 4.90 Å². The molecule has 0 fully saturated rings. The van der Waals surface area contributed by atoms with Crippen molar-refractivity contribution in [3.05, 3.63) is 103 Å². The highest BCUT2D eigenvalue weighted by Crippen LogP contribution is 2.18. The van der Waals surface area contributed by atoms with Crippen LogP contribution in [0.1, 0.15) is 15.9 Å². The quantitative estimate of drug-likeness (QED) is 0.463. The summed E-state index contributed by atoms with van der Waals surface area (Å²) in [4.78, 5) is 26.8. The SMILES string of the molecule is C=CCOc1cccc(NCC(=O)Nc2cccc(C(=O)N(C)Cc3ccccc3)c2)c1. The van der Waals surface area contributed by atoms with E-state index in [4.69, 9.17) is 4.74 Å². The van der Waals surface area contributed by atoms with Gasteiger partial charge in [-0.05, 0) is 35.9 Å². The Labute approximate surface area is 188 Å². The standard InChI is InChI=1S/C26H27N3O3/c1-3-15-32-24-14-8-12-22(17-24)27-18-25(30)28-23-13-7-11-21(16-23)26(31)29(2)19-20-9-5-4-6-10-20/h3-14,16-17,27H,1,15,18-19H2,2H3,(H,28,30). The average Bonchev–Trinajstić information content (AvgIpc) is 2.82. The van der Waals surface area contributed by atoms with E-state index in [2.05, 4.69) is 17.2 Å². The van der Waals surface area contributed by atoms with Gasteiger partial charge in [0, 0.05) is 36.6 Å². The van der Waals surface area contributed by atoms with Crippen molar-refractivity contribution in [3.63, 3.8) is 0 Å². The molecule has 2 N–H and O–H groups in total. The molecule has 0 aliphatic rings. The van der Waals surface area contributed by atoms with E-state index < -0.39 is 0 Å². The molecule has 0 atom stereocenters. The van der Waals surface area contributed by atoms with Gasteiger partial charge in [-0.15, -0.1) is 0 Å². The van der Waals surface area contributed by atoms with E-state index in [0.29, 0.717) is 30.2 Å². The van der Waals surface area contributed by atoms with E-state index >= 15 is 0 Å². The summed E-state index contributed by atoms with van der Waals surface area (Å²) >= 11 is 0. The molecule has 3 rings (SSSR count). The van der Waals surface area contributed by atoms with Gasteiger partial charge in [0.05, 0.1) is 6.54 Å². The van der Waals surface area contributed by atoms with Crippen LogP contribution in [-0.4, -0.2) is 36.9 Å². The second kappa shape index (κ2) is 11.4. The van der Waals surface area contributed by atoms with Crippen molar-refractivity contribution in [1.29, 1.82) is 0 Å². The third-order valence-electron chi connectivity index (χ3n) is 4.66. The lowest BCUT2D eigenvalue weighted by molar-refractivity contribution is -0.114. The predicted octanol–water partition coefficient (Wildman–Crippen LogP) is 4.57. The predicted molar refractivity (Wildman–Crippen MR) is 128 cm³/mol. The number of carbonyl (C=O) groups excluding carboxylic acids is 2. The molecule has 0 radical (unpaired) electrons. The van der Waals surface area contributed by atoms with Crippen molar-refractivity contribution < 1.29 is 14.3 Å². The molecule has 0 bridgehead atoms. The lowest BCUT2D eigenvalue weighted by Crippen LogP contribution is -2.26. The largest absolute Gasteiger partial charge is 0.489 e. The summed E-state index contributed by atoms with van der Waals surface area (Å²) in [6, 6.07) is 24.1. The Bertz CT molecular complexity index is 1070. The minimum Gasteiger partial charge on any atom is -0.489 e. The third kappa shape index (κ3) is 6.74. The Kier molecular flexibility index (Phi) is 8.03. The maximum absolute atomic E-state index is 12.8. The molecule has 0 spiro atoms. The number of hydrogen-bond acceptors (Lipinski definition) is 4. The van der Waals surface area contributed by atoms with E-state index in [1.165, 1.54) is 0 Å². The van der Waals surface area contributed by atoms with Crippen LogP contribution in [0, 0.1) is 0 Å². The Hall–Kier alpha value is -4.06. The fourth-order valence-corrected chi connectivity index (χ4v) is 3.12. The van der Waals surface area contributed by atoms with Crippen molar-refractivity contribution >= 4 is 23.2 Å². The number of nitrogens with zero attached hydrogens (tertiary/aromatic N) is 1. The smallest absolute Gasteiger partial charge is 0.253 e. The highest BCUT2D eigenvalue weighted by Gasteiger charge is 2.13. The van der Waals surface area contributed by atoms with Gasteiger partial charge in [0.25, 0.3) is 5.91 Å². The van der Waals surface area contributed by atoms with E-state index in [1.807, 2.05) is 54.6 Å². The normalized spacial score (nSPS) is 10.2. The number of hydrogen-bond donors (Lipinski definition) is 2. The van der Waals surface area contributed by atoms with Crippen LogP contribution < -0.4 is 15.4 Å². The highest BCUT2D eigenvalue weighted by atomic mass is 16.5. The summed E-state index contributed by atoms with van der Waals surface area (Å²) in [6.45, 7) is 4.63. The first-order valence-corrected chi connectivity index (χ1v) is 10.3. The number of rotatable bonds is 10. The van der Waals surface area contributed by atoms with Gasteiger partial charge in [0.15, 0.2) is 0 Å². The zero-order chi connectivity index (χ0) is 22.8. The first-order valence-electron chi connectivity index (χ1n) is 10.3. The van der Waals surface area contributed by atoms with Gasteiger partial charge in [-0.2, -0.15) is 0 Å². The average molecular weight is 430 g/mol. The van der Waals surface area contributed by atoms with Crippen LogP contribution in [-0.2, 0) is 11.3 Å². The van der Waals surface area contributed by atoms with Crippen molar-refractivity contribution in [2.75, 3.05) is 30.8 Å². The van der Waals surface area contributed by atoms with Crippen LogP contribution in [0.15, 0.2) is 91.5 Å². The van der Waals surface area contributed by atoms with E-state index in [0.717, 1.165) is 11.3 Å². The Balaban J connectivity index is 1.55. The summed E-state index contributed by atoms with van der Waals surface area (Å²) in [5, 5.41) is 5.90. The Morgan fingerprint density at radius 3 is 2.50 bits per heavy atom. The summed E-state index contributed by atoms with van der Waals surface area (Å²) < 4.78 is 5.50. The number of amides is 2.